The van der Waals surface area contributed by atoms with Gasteiger partial charge in [-0.05, 0) is 43.2 Å². The summed E-state index contributed by atoms with van der Waals surface area (Å²) >= 11 is 0. The van der Waals surface area contributed by atoms with Crippen molar-refractivity contribution in [2.45, 2.75) is 26.3 Å². The SMILES string of the molecule is CCC1COCCN1CCNc1cc(C)cc(Nc2ncn(-c3cc(F)cc(F)c3)n2)c1F. The van der Waals surface area contributed by atoms with Crippen molar-refractivity contribution in [1.29, 1.82) is 0 Å². The standard InChI is InChI=1S/C23H27F3N6O/c1-3-18-13-33-7-6-31(18)5-4-27-20-8-15(2)9-21(22(20)26)29-23-28-14-32(30-23)19-11-16(24)10-17(25)12-19/h8-12,14,18,27H,3-7,13H2,1-2H3,(H,29,30). The maximum atomic E-state index is 15.2. The number of aromatic nitrogens is 3. The first-order valence-electron chi connectivity index (χ1n) is 10.9. The monoisotopic (exact) mass is 460 g/mol. The van der Waals surface area contributed by atoms with Gasteiger partial charge < -0.3 is 15.4 Å². The molecule has 2 heterocycles. The molecule has 10 heteroatoms. The molecule has 0 aliphatic carbocycles. The fourth-order valence-corrected chi connectivity index (χ4v) is 3.92. The summed E-state index contributed by atoms with van der Waals surface area (Å²) in [5, 5.41) is 10.2. The summed E-state index contributed by atoms with van der Waals surface area (Å²) in [7, 11) is 0. The van der Waals surface area contributed by atoms with Crippen molar-refractivity contribution in [2.24, 2.45) is 0 Å². The van der Waals surface area contributed by atoms with Gasteiger partial charge in [-0.3, -0.25) is 4.90 Å². The Morgan fingerprint density at radius 2 is 1.85 bits per heavy atom. The van der Waals surface area contributed by atoms with E-state index in [1.165, 1.54) is 11.0 Å². The molecule has 0 bridgehead atoms. The molecule has 0 spiro atoms. The number of ether oxygens (including phenoxy) is 1. The number of nitrogens with zero attached hydrogens (tertiary/aromatic N) is 4. The molecule has 1 aliphatic heterocycles. The first-order valence-corrected chi connectivity index (χ1v) is 10.9. The molecule has 2 N–H and O–H groups in total. The number of hydrogen-bond donors (Lipinski definition) is 2. The zero-order valence-electron chi connectivity index (χ0n) is 18.6. The molecule has 0 saturated carbocycles. The minimum Gasteiger partial charge on any atom is -0.381 e. The molecule has 1 aromatic heterocycles. The molecule has 3 aromatic rings. The van der Waals surface area contributed by atoms with E-state index in [9.17, 15) is 8.78 Å². The van der Waals surface area contributed by atoms with E-state index >= 15 is 4.39 Å². The van der Waals surface area contributed by atoms with Crippen LogP contribution in [0.15, 0.2) is 36.7 Å². The Bertz CT molecular complexity index is 1090. The van der Waals surface area contributed by atoms with Crippen molar-refractivity contribution < 1.29 is 17.9 Å². The highest BCUT2D eigenvalue weighted by atomic mass is 19.1. The molecule has 1 unspecified atom stereocenters. The Morgan fingerprint density at radius 1 is 1.09 bits per heavy atom. The van der Waals surface area contributed by atoms with Crippen LogP contribution < -0.4 is 10.6 Å². The van der Waals surface area contributed by atoms with Crippen LogP contribution in [0.5, 0.6) is 0 Å². The Labute approximate surface area is 190 Å². The second-order valence-corrected chi connectivity index (χ2v) is 8.04. The number of aryl methyl sites for hydroxylation is 1. The topological polar surface area (TPSA) is 67.2 Å². The Kier molecular flexibility index (Phi) is 7.14. The molecule has 1 saturated heterocycles. The predicted octanol–water partition coefficient (Wildman–Crippen LogP) is 4.26. The summed E-state index contributed by atoms with van der Waals surface area (Å²) in [4.78, 5) is 6.44. The largest absolute Gasteiger partial charge is 0.381 e. The molecule has 2 aromatic carbocycles. The number of benzene rings is 2. The van der Waals surface area contributed by atoms with Gasteiger partial charge >= 0.3 is 0 Å². The van der Waals surface area contributed by atoms with Crippen molar-refractivity contribution in [3.63, 3.8) is 0 Å². The van der Waals surface area contributed by atoms with Crippen LogP contribution in [0.3, 0.4) is 0 Å². The maximum absolute atomic E-state index is 15.2. The van der Waals surface area contributed by atoms with Crippen molar-refractivity contribution in [1.82, 2.24) is 19.7 Å². The van der Waals surface area contributed by atoms with E-state index < -0.39 is 17.5 Å². The fraction of sp³-hybridized carbons (Fsp3) is 0.391. The highest BCUT2D eigenvalue weighted by Gasteiger charge is 2.21. The lowest BCUT2D eigenvalue weighted by Crippen LogP contribution is -2.46. The van der Waals surface area contributed by atoms with Crippen LogP contribution in [0.1, 0.15) is 18.9 Å². The fourth-order valence-electron chi connectivity index (χ4n) is 3.92. The van der Waals surface area contributed by atoms with E-state index in [4.69, 9.17) is 4.74 Å². The number of morpholine rings is 1. The third kappa shape index (κ3) is 5.63. The van der Waals surface area contributed by atoms with E-state index in [-0.39, 0.29) is 17.3 Å². The molecule has 0 amide bonds. The molecule has 1 atom stereocenters. The van der Waals surface area contributed by atoms with E-state index in [0.29, 0.717) is 24.9 Å². The van der Waals surface area contributed by atoms with Crippen LogP contribution in [-0.4, -0.2) is 58.6 Å². The molecule has 33 heavy (non-hydrogen) atoms. The second-order valence-electron chi connectivity index (χ2n) is 8.04. The quantitative estimate of drug-likeness (QED) is 0.524. The van der Waals surface area contributed by atoms with Crippen molar-refractivity contribution >= 4 is 17.3 Å². The van der Waals surface area contributed by atoms with Crippen LogP contribution >= 0.6 is 0 Å². The van der Waals surface area contributed by atoms with Crippen molar-refractivity contribution in [3.8, 4) is 5.69 Å². The van der Waals surface area contributed by atoms with Crippen LogP contribution in [0, 0.1) is 24.4 Å². The minimum atomic E-state index is -0.724. The van der Waals surface area contributed by atoms with Gasteiger partial charge in [-0.1, -0.05) is 6.92 Å². The lowest BCUT2D eigenvalue weighted by atomic mass is 10.1. The summed E-state index contributed by atoms with van der Waals surface area (Å²) in [6.45, 7) is 7.69. The molecule has 4 rings (SSSR count). The summed E-state index contributed by atoms with van der Waals surface area (Å²) in [6, 6.07) is 6.82. The van der Waals surface area contributed by atoms with Gasteiger partial charge in [-0.2, -0.15) is 4.98 Å². The second kappa shape index (κ2) is 10.2. The lowest BCUT2D eigenvalue weighted by molar-refractivity contribution is -0.00648. The van der Waals surface area contributed by atoms with Crippen LogP contribution in [-0.2, 0) is 4.74 Å². The number of halogens is 3. The number of hydrogen-bond acceptors (Lipinski definition) is 6. The molecule has 1 aliphatic rings. The van der Waals surface area contributed by atoms with Crippen molar-refractivity contribution in [2.75, 3.05) is 43.5 Å². The van der Waals surface area contributed by atoms with Crippen molar-refractivity contribution in [3.05, 3.63) is 59.7 Å². The molecular weight excluding hydrogens is 433 g/mol. The van der Waals surface area contributed by atoms with Crippen LogP contribution in [0.2, 0.25) is 0 Å². The van der Waals surface area contributed by atoms with Gasteiger partial charge in [0.15, 0.2) is 5.82 Å². The van der Waals surface area contributed by atoms with Gasteiger partial charge in [-0.25, -0.2) is 17.9 Å². The van der Waals surface area contributed by atoms with Gasteiger partial charge in [0.05, 0.1) is 30.3 Å². The van der Waals surface area contributed by atoms with Gasteiger partial charge in [0.1, 0.15) is 18.0 Å². The highest BCUT2D eigenvalue weighted by molar-refractivity contribution is 5.64. The Balaban J connectivity index is 1.44. The molecule has 7 nitrogen and oxygen atoms in total. The zero-order valence-corrected chi connectivity index (χ0v) is 18.6. The molecular formula is C23H27F3N6O. The number of rotatable bonds is 8. The smallest absolute Gasteiger partial charge is 0.247 e. The van der Waals surface area contributed by atoms with Gasteiger partial charge in [-0.15, -0.1) is 5.10 Å². The number of nitrogens with one attached hydrogen (secondary N) is 2. The maximum Gasteiger partial charge on any atom is 0.247 e. The zero-order chi connectivity index (χ0) is 23.4. The average Bonchev–Trinajstić information content (AvgIpc) is 3.25. The molecule has 0 radical (unpaired) electrons. The number of anilines is 3. The van der Waals surface area contributed by atoms with Gasteiger partial charge in [0.2, 0.25) is 5.95 Å². The lowest BCUT2D eigenvalue weighted by Gasteiger charge is -2.35. The normalized spacial score (nSPS) is 16.7. The third-order valence-electron chi connectivity index (χ3n) is 5.60. The first kappa shape index (κ1) is 23.1. The predicted molar refractivity (Wildman–Crippen MR) is 121 cm³/mol. The minimum absolute atomic E-state index is 0.106. The Morgan fingerprint density at radius 3 is 2.61 bits per heavy atom. The first-order chi connectivity index (χ1) is 15.9. The van der Waals surface area contributed by atoms with E-state index in [1.807, 2.05) is 6.92 Å². The highest BCUT2D eigenvalue weighted by Crippen LogP contribution is 2.27. The van der Waals surface area contributed by atoms with E-state index in [2.05, 4.69) is 32.5 Å². The summed E-state index contributed by atoms with van der Waals surface area (Å²) < 4.78 is 48.9. The molecule has 176 valence electrons. The Hall–Kier alpha value is -3.11. The van der Waals surface area contributed by atoms with Crippen LogP contribution in [0.25, 0.3) is 5.69 Å². The van der Waals surface area contributed by atoms with Crippen LogP contribution in [0.4, 0.5) is 30.5 Å². The van der Waals surface area contributed by atoms with Gasteiger partial charge in [0, 0.05) is 31.7 Å². The summed E-state index contributed by atoms with van der Waals surface area (Å²) in [5.41, 5.74) is 1.61. The average molecular weight is 461 g/mol. The summed E-state index contributed by atoms with van der Waals surface area (Å²) in [5.74, 6) is -1.80. The third-order valence-corrected chi connectivity index (χ3v) is 5.60. The molecule has 1 fully saturated rings. The summed E-state index contributed by atoms with van der Waals surface area (Å²) in [6.07, 6.45) is 2.31. The van der Waals surface area contributed by atoms with Gasteiger partial charge in [0.25, 0.3) is 0 Å². The van der Waals surface area contributed by atoms with E-state index in [1.54, 1.807) is 12.1 Å². The van der Waals surface area contributed by atoms with E-state index in [0.717, 1.165) is 49.9 Å².